The van der Waals surface area contributed by atoms with Crippen LogP contribution in [0.25, 0.3) is 0 Å². The first kappa shape index (κ1) is 12.0. The van der Waals surface area contributed by atoms with Gasteiger partial charge in [-0.05, 0) is 18.8 Å². The van der Waals surface area contributed by atoms with E-state index in [0.29, 0.717) is 18.6 Å². The van der Waals surface area contributed by atoms with Crippen molar-refractivity contribution < 1.29 is 9.84 Å². The van der Waals surface area contributed by atoms with Crippen LogP contribution in [0.15, 0.2) is 0 Å². The first-order chi connectivity index (χ1) is 6.72. The molecule has 1 fully saturated rings. The molecule has 3 heteroatoms. The second kappa shape index (κ2) is 6.38. The average molecular weight is 201 g/mol. The number of rotatable bonds is 6. The summed E-state index contributed by atoms with van der Waals surface area (Å²) in [5.74, 6) is 0.626. The Morgan fingerprint density at radius 2 is 2.29 bits per heavy atom. The fourth-order valence-electron chi connectivity index (χ4n) is 1.76. The summed E-state index contributed by atoms with van der Waals surface area (Å²) >= 11 is 0. The van der Waals surface area contributed by atoms with E-state index in [1.807, 2.05) is 0 Å². The number of hydrogen-bond acceptors (Lipinski definition) is 3. The molecule has 0 bridgehead atoms. The van der Waals surface area contributed by atoms with E-state index in [0.717, 1.165) is 39.1 Å². The van der Waals surface area contributed by atoms with Crippen molar-refractivity contribution in [2.24, 2.45) is 5.92 Å². The van der Waals surface area contributed by atoms with Gasteiger partial charge in [0.1, 0.15) is 0 Å². The Morgan fingerprint density at radius 1 is 1.50 bits per heavy atom. The van der Waals surface area contributed by atoms with Gasteiger partial charge in [0.15, 0.2) is 0 Å². The Morgan fingerprint density at radius 3 is 2.93 bits per heavy atom. The lowest BCUT2D eigenvalue weighted by Crippen LogP contribution is -2.25. The lowest BCUT2D eigenvalue weighted by atomic mass is 10.2. The monoisotopic (exact) mass is 201 g/mol. The predicted molar refractivity (Wildman–Crippen MR) is 57.3 cm³/mol. The number of likely N-dealkylation sites (tertiary alicyclic amines) is 1. The summed E-state index contributed by atoms with van der Waals surface area (Å²) in [5, 5.41) is 8.71. The Labute approximate surface area is 87.1 Å². The van der Waals surface area contributed by atoms with E-state index in [4.69, 9.17) is 9.84 Å². The zero-order valence-electron chi connectivity index (χ0n) is 9.41. The van der Waals surface area contributed by atoms with Gasteiger partial charge in [0, 0.05) is 32.8 Å². The zero-order chi connectivity index (χ0) is 10.4. The fourth-order valence-corrected chi connectivity index (χ4v) is 1.76. The highest BCUT2D eigenvalue weighted by atomic mass is 16.5. The molecule has 0 aromatic rings. The Balaban J connectivity index is 2.08. The summed E-state index contributed by atoms with van der Waals surface area (Å²) in [6.07, 6.45) is 2.46. The van der Waals surface area contributed by atoms with E-state index in [9.17, 15) is 0 Å². The maximum atomic E-state index is 8.71. The maximum Gasteiger partial charge on any atom is 0.0714 e. The van der Waals surface area contributed by atoms with Crippen molar-refractivity contribution in [1.29, 1.82) is 0 Å². The fraction of sp³-hybridized carbons (Fsp3) is 1.00. The Kier molecular flexibility index (Phi) is 5.45. The van der Waals surface area contributed by atoms with Crippen LogP contribution in [0.3, 0.4) is 0 Å². The molecule has 1 saturated heterocycles. The molecule has 1 N–H and O–H groups in total. The van der Waals surface area contributed by atoms with Crippen molar-refractivity contribution in [1.82, 2.24) is 4.90 Å². The lowest BCUT2D eigenvalue weighted by Gasteiger charge is -2.16. The molecule has 1 aliphatic rings. The molecule has 1 unspecified atom stereocenters. The minimum Gasteiger partial charge on any atom is -0.396 e. The Hall–Kier alpha value is -0.120. The first-order valence-corrected chi connectivity index (χ1v) is 5.67. The van der Waals surface area contributed by atoms with Gasteiger partial charge in [-0.2, -0.15) is 0 Å². The van der Waals surface area contributed by atoms with Gasteiger partial charge >= 0.3 is 0 Å². The zero-order valence-corrected chi connectivity index (χ0v) is 9.41. The van der Waals surface area contributed by atoms with Crippen LogP contribution in [0, 0.1) is 5.92 Å². The molecule has 0 aromatic heterocycles. The quantitative estimate of drug-likeness (QED) is 0.699. The molecule has 0 amide bonds. The second-order valence-electron chi connectivity index (χ2n) is 4.52. The third-order valence-electron chi connectivity index (χ3n) is 2.53. The third-order valence-corrected chi connectivity index (χ3v) is 2.53. The first-order valence-electron chi connectivity index (χ1n) is 5.67. The van der Waals surface area contributed by atoms with Gasteiger partial charge in [0.25, 0.3) is 0 Å². The van der Waals surface area contributed by atoms with Gasteiger partial charge in [-0.15, -0.1) is 0 Å². The van der Waals surface area contributed by atoms with E-state index < -0.39 is 0 Å². The molecule has 3 nitrogen and oxygen atoms in total. The second-order valence-corrected chi connectivity index (χ2v) is 4.52. The molecule has 1 rings (SSSR count). The van der Waals surface area contributed by atoms with Gasteiger partial charge in [0.05, 0.1) is 6.10 Å². The van der Waals surface area contributed by atoms with Crippen LogP contribution in [0.2, 0.25) is 0 Å². The van der Waals surface area contributed by atoms with Crippen LogP contribution >= 0.6 is 0 Å². The lowest BCUT2D eigenvalue weighted by molar-refractivity contribution is 0.0414. The number of aliphatic hydroxyl groups excluding tert-OH is 1. The number of nitrogens with zero attached hydrogens (tertiary/aromatic N) is 1. The van der Waals surface area contributed by atoms with Crippen molar-refractivity contribution in [3.8, 4) is 0 Å². The number of aliphatic hydroxyl groups is 1. The molecule has 1 aliphatic heterocycles. The summed E-state index contributed by atoms with van der Waals surface area (Å²) in [4.78, 5) is 2.38. The number of hydrogen-bond donors (Lipinski definition) is 1. The van der Waals surface area contributed by atoms with Crippen LogP contribution < -0.4 is 0 Å². The van der Waals surface area contributed by atoms with Crippen molar-refractivity contribution in [2.75, 3.05) is 32.8 Å². The van der Waals surface area contributed by atoms with Gasteiger partial charge in [-0.1, -0.05) is 13.8 Å². The third kappa shape index (κ3) is 4.40. The number of ether oxygens (including phenoxy) is 1. The van der Waals surface area contributed by atoms with Crippen molar-refractivity contribution in [3.63, 3.8) is 0 Å². The maximum absolute atomic E-state index is 8.71. The molecule has 84 valence electrons. The van der Waals surface area contributed by atoms with Gasteiger partial charge in [-0.25, -0.2) is 0 Å². The minimum absolute atomic E-state index is 0.300. The van der Waals surface area contributed by atoms with Crippen molar-refractivity contribution in [3.05, 3.63) is 0 Å². The summed E-state index contributed by atoms with van der Waals surface area (Å²) in [7, 11) is 0. The molecule has 0 aliphatic carbocycles. The summed E-state index contributed by atoms with van der Waals surface area (Å²) < 4.78 is 5.77. The van der Waals surface area contributed by atoms with Gasteiger partial charge < -0.3 is 14.7 Å². The topological polar surface area (TPSA) is 32.7 Å². The molecule has 0 spiro atoms. The van der Waals surface area contributed by atoms with Crippen LogP contribution in [0.5, 0.6) is 0 Å². The predicted octanol–water partition coefficient (Wildman–Crippen LogP) is 1.12. The summed E-state index contributed by atoms with van der Waals surface area (Å²) in [6, 6.07) is 0. The Bertz CT molecular complexity index is 150. The molecular formula is C11H23NO2. The molecule has 0 aromatic carbocycles. The molecule has 1 atom stereocenters. The van der Waals surface area contributed by atoms with E-state index in [2.05, 4.69) is 18.7 Å². The van der Waals surface area contributed by atoms with E-state index in [1.165, 1.54) is 0 Å². The smallest absolute Gasteiger partial charge is 0.0714 e. The van der Waals surface area contributed by atoms with Crippen molar-refractivity contribution >= 4 is 0 Å². The van der Waals surface area contributed by atoms with Crippen LogP contribution in [-0.2, 0) is 4.74 Å². The average Bonchev–Trinajstić information content (AvgIpc) is 2.59. The molecule has 14 heavy (non-hydrogen) atoms. The molecule has 1 heterocycles. The van der Waals surface area contributed by atoms with Gasteiger partial charge in [0.2, 0.25) is 0 Å². The minimum atomic E-state index is 0.300. The highest BCUT2D eigenvalue weighted by Gasteiger charge is 2.22. The van der Waals surface area contributed by atoms with Gasteiger partial charge in [-0.3, -0.25) is 0 Å². The standard InChI is InChI=1S/C11H23NO2/c1-10(2)9-14-11-4-6-12(8-11)5-3-7-13/h10-11,13H,3-9H2,1-2H3. The summed E-state index contributed by atoms with van der Waals surface area (Å²) in [6.45, 7) is 8.72. The highest BCUT2D eigenvalue weighted by Crippen LogP contribution is 2.13. The van der Waals surface area contributed by atoms with Crippen LogP contribution in [0.4, 0.5) is 0 Å². The van der Waals surface area contributed by atoms with Crippen molar-refractivity contribution in [2.45, 2.75) is 32.8 Å². The summed E-state index contributed by atoms with van der Waals surface area (Å²) in [5.41, 5.74) is 0. The molecular weight excluding hydrogens is 178 g/mol. The molecule has 0 radical (unpaired) electrons. The normalized spacial score (nSPS) is 23.6. The SMILES string of the molecule is CC(C)COC1CCN(CCCO)C1. The van der Waals surface area contributed by atoms with E-state index in [1.54, 1.807) is 0 Å². The highest BCUT2D eigenvalue weighted by molar-refractivity contribution is 4.75. The van der Waals surface area contributed by atoms with Crippen LogP contribution in [-0.4, -0.2) is 49.0 Å². The van der Waals surface area contributed by atoms with E-state index in [-0.39, 0.29) is 0 Å². The van der Waals surface area contributed by atoms with Crippen LogP contribution in [0.1, 0.15) is 26.7 Å². The largest absolute Gasteiger partial charge is 0.396 e. The van der Waals surface area contributed by atoms with E-state index >= 15 is 0 Å². The molecule has 0 saturated carbocycles.